The van der Waals surface area contributed by atoms with Gasteiger partial charge in [0.25, 0.3) is 0 Å². The molecule has 0 amide bonds. The quantitative estimate of drug-likeness (QED) is 0.242. The monoisotopic (exact) mass is 594 g/mol. The van der Waals surface area contributed by atoms with Crippen molar-refractivity contribution in [2.45, 2.75) is 71.8 Å². The standard InChI is InChI=1S/C40H42N4O/c1-5-8-11-30-18-22-35(23-19-30)40(4)38(37(29-43)39(45-40)34(27-41)28-42)15-10-14-32-12-9-13-33(26-32)17-16-31-20-24-36(25-21-31)44(6-2)7-3/h10,14-26H,5-9,11-13H2,1-4H3/b15-10?,17-16+,32-14+. The summed E-state index contributed by atoms with van der Waals surface area (Å²) in [6.07, 6.45) is 18.8. The van der Waals surface area contributed by atoms with Crippen molar-refractivity contribution in [2.75, 3.05) is 18.0 Å². The molecule has 45 heavy (non-hydrogen) atoms. The molecule has 0 saturated carbocycles. The van der Waals surface area contributed by atoms with Crippen molar-refractivity contribution in [1.29, 1.82) is 15.8 Å². The average Bonchev–Trinajstić information content (AvgIpc) is 3.36. The number of ether oxygens (including phenoxy) is 1. The molecular weight excluding hydrogens is 552 g/mol. The van der Waals surface area contributed by atoms with Gasteiger partial charge in [-0.2, -0.15) is 15.8 Å². The van der Waals surface area contributed by atoms with E-state index in [4.69, 9.17) is 4.74 Å². The summed E-state index contributed by atoms with van der Waals surface area (Å²) >= 11 is 0. The third-order valence-electron chi connectivity index (χ3n) is 8.59. The van der Waals surface area contributed by atoms with E-state index in [0.29, 0.717) is 5.57 Å². The molecule has 0 saturated heterocycles. The van der Waals surface area contributed by atoms with Gasteiger partial charge in [0.05, 0.1) is 0 Å². The Morgan fingerprint density at radius 2 is 1.62 bits per heavy atom. The molecule has 228 valence electrons. The number of hydrogen-bond donors (Lipinski definition) is 0. The van der Waals surface area contributed by atoms with Gasteiger partial charge < -0.3 is 9.64 Å². The Balaban J connectivity index is 1.61. The maximum absolute atomic E-state index is 10.2. The molecule has 1 aliphatic heterocycles. The Morgan fingerprint density at radius 3 is 2.24 bits per heavy atom. The van der Waals surface area contributed by atoms with Crippen molar-refractivity contribution < 1.29 is 4.74 Å². The van der Waals surface area contributed by atoms with Crippen LogP contribution in [0.2, 0.25) is 0 Å². The van der Waals surface area contributed by atoms with Gasteiger partial charge in [0.15, 0.2) is 16.9 Å². The summed E-state index contributed by atoms with van der Waals surface area (Å²) in [6.45, 7) is 10.4. The van der Waals surface area contributed by atoms with Crippen molar-refractivity contribution >= 4 is 11.8 Å². The summed E-state index contributed by atoms with van der Waals surface area (Å²) in [6, 6.07) is 22.9. The predicted octanol–water partition coefficient (Wildman–Crippen LogP) is 9.55. The summed E-state index contributed by atoms with van der Waals surface area (Å²) in [4.78, 5) is 2.34. The average molecular weight is 595 g/mol. The zero-order chi connectivity index (χ0) is 32.2. The Labute approximate surface area is 269 Å². The van der Waals surface area contributed by atoms with Gasteiger partial charge in [-0.15, -0.1) is 0 Å². The molecule has 0 bridgehead atoms. The second kappa shape index (κ2) is 15.6. The molecule has 5 heteroatoms. The Bertz CT molecular complexity index is 1660. The fourth-order valence-corrected chi connectivity index (χ4v) is 5.91. The summed E-state index contributed by atoms with van der Waals surface area (Å²) in [7, 11) is 0. The largest absolute Gasteiger partial charge is 0.474 e. The number of aryl methyl sites for hydroxylation is 1. The van der Waals surface area contributed by atoms with Gasteiger partial charge in [0.2, 0.25) is 0 Å². The molecule has 1 heterocycles. The molecule has 0 radical (unpaired) electrons. The van der Waals surface area contributed by atoms with Crippen LogP contribution in [0.4, 0.5) is 5.69 Å². The zero-order valence-electron chi connectivity index (χ0n) is 26.9. The first kappa shape index (κ1) is 32.9. The molecule has 0 aromatic heterocycles. The fraction of sp³-hybridized carbons (Fsp3) is 0.325. The number of unbranched alkanes of at least 4 members (excludes halogenated alkanes) is 1. The van der Waals surface area contributed by atoms with Crippen LogP contribution in [0, 0.1) is 34.0 Å². The van der Waals surface area contributed by atoms with E-state index in [1.54, 1.807) is 0 Å². The van der Waals surface area contributed by atoms with Crippen molar-refractivity contribution in [3.05, 3.63) is 129 Å². The summed E-state index contributed by atoms with van der Waals surface area (Å²) in [5, 5.41) is 29.4. The smallest absolute Gasteiger partial charge is 0.172 e. The second-order valence-electron chi connectivity index (χ2n) is 11.5. The van der Waals surface area contributed by atoms with Gasteiger partial charge >= 0.3 is 0 Å². The molecule has 4 rings (SSSR count). The molecule has 0 N–H and O–H groups in total. The molecule has 5 nitrogen and oxygen atoms in total. The molecule has 2 aliphatic rings. The maximum atomic E-state index is 10.2. The van der Waals surface area contributed by atoms with Crippen molar-refractivity contribution in [3.63, 3.8) is 0 Å². The van der Waals surface area contributed by atoms with Crippen molar-refractivity contribution in [3.8, 4) is 18.2 Å². The molecule has 1 unspecified atom stereocenters. The molecule has 0 spiro atoms. The lowest BCUT2D eigenvalue weighted by Crippen LogP contribution is -2.23. The van der Waals surface area contributed by atoms with E-state index in [1.165, 1.54) is 28.0 Å². The van der Waals surface area contributed by atoms with Crippen molar-refractivity contribution in [2.24, 2.45) is 0 Å². The summed E-state index contributed by atoms with van der Waals surface area (Å²) < 4.78 is 6.33. The number of nitriles is 3. The van der Waals surface area contributed by atoms with Gasteiger partial charge in [-0.3, -0.25) is 0 Å². The summed E-state index contributed by atoms with van der Waals surface area (Å²) in [5.41, 5.74) is 6.64. The van der Waals surface area contributed by atoms with Crippen LogP contribution < -0.4 is 4.90 Å². The van der Waals surface area contributed by atoms with Crippen LogP contribution in [0.1, 0.15) is 76.5 Å². The molecule has 2 aromatic rings. The lowest BCUT2D eigenvalue weighted by molar-refractivity contribution is 0.0755. The van der Waals surface area contributed by atoms with Crippen LogP contribution in [0.3, 0.4) is 0 Å². The van der Waals surface area contributed by atoms with Crippen LogP contribution in [0.15, 0.2) is 113 Å². The number of benzene rings is 2. The van der Waals surface area contributed by atoms with E-state index < -0.39 is 5.60 Å². The van der Waals surface area contributed by atoms with Gasteiger partial charge in [0, 0.05) is 24.4 Å². The first-order valence-electron chi connectivity index (χ1n) is 16.0. The van der Waals surface area contributed by atoms with E-state index in [9.17, 15) is 15.8 Å². The highest BCUT2D eigenvalue weighted by Crippen LogP contribution is 2.47. The second-order valence-corrected chi connectivity index (χ2v) is 11.5. The van der Waals surface area contributed by atoms with Crippen LogP contribution in [-0.4, -0.2) is 13.1 Å². The van der Waals surface area contributed by atoms with Gasteiger partial charge in [0.1, 0.15) is 23.8 Å². The Kier molecular flexibility index (Phi) is 11.4. The fourth-order valence-electron chi connectivity index (χ4n) is 5.91. The third kappa shape index (κ3) is 7.73. The SMILES string of the molecule is CCCCc1ccc(C2(C)OC(=C(C#N)C#N)C(C#N)=C2C=C/C=C2C=C(/C=C/c3ccc(N(CC)CC)cc3)CCC/2)cc1. The number of hydrogen-bond acceptors (Lipinski definition) is 5. The first-order valence-corrected chi connectivity index (χ1v) is 16.0. The zero-order valence-corrected chi connectivity index (χ0v) is 26.9. The normalized spacial score (nSPS) is 18.9. The van der Waals surface area contributed by atoms with Crippen LogP contribution in [0.5, 0.6) is 0 Å². The minimum absolute atomic E-state index is 0.0440. The number of allylic oxidation sites excluding steroid dienone is 8. The van der Waals surface area contributed by atoms with Gasteiger partial charge in [-0.25, -0.2) is 0 Å². The highest BCUT2D eigenvalue weighted by molar-refractivity contribution is 5.62. The lowest BCUT2D eigenvalue weighted by Gasteiger charge is -2.27. The highest BCUT2D eigenvalue weighted by Gasteiger charge is 2.43. The van der Waals surface area contributed by atoms with Crippen LogP contribution in [-0.2, 0) is 16.8 Å². The molecule has 1 aliphatic carbocycles. The number of rotatable bonds is 11. The third-order valence-corrected chi connectivity index (χ3v) is 8.59. The van der Waals surface area contributed by atoms with Crippen LogP contribution in [0.25, 0.3) is 6.08 Å². The Hall–Kier alpha value is -5.05. The van der Waals surface area contributed by atoms with Crippen LogP contribution >= 0.6 is 0 Å². The van der Waals surface area contributed by atoms with E-state index in [-0.39, 0.29) is 16.9 Å². The lowest BCUT2D eigenvalue weighted by atomic mass is 9.85. The minimum Gasteiger partial charge on any atom is -0.474 e. The van der Waals surface area contributed by atoms with E-state index in [2.05, 4.69) is 92.4 Å². The van der Waals surface area contributed by atoms with Gasteiger partial charge in [-0.05, 0) is 92.8 Å². The molecule has 2 aromatic carbocycles. The predicted molar refractivity (Wildman–Crippen MR) is 183 cm³/mol. The molecule has 0 fully saturated rings. The highest BCUT2D eigenvalue weighted by atomic mass is 16.5. The number of anilines is 1. The van der Waals surface area contributed by atoms with E-state index in [0.717, 1.165) is 57.2 Å². The van der Waals surface area contributed by atoms with E-state index >= 15 is 0 Å². The summed E-state index contributed by atoms with van der Waals surface area (Å²) in [5.74, 6) is 0.0440. The Morgan fingerprint density at radius 1 is 0.911 bits per heavy atom. The van der Waals surface area contributed by atoms with E-state index in [1.807, 2.05) is 43.3 Å². The molecule has 1 atom stereocenters. The van der Waals surface area contributed by atoms with Gasteiger partial charge in [-0.1, -0.05) is 86.2 Å². The minimum atomic E-state index is -1.02. The molecular formula is C40H42N4O. The number of nitrogens with zero attached hydrogens (tertiary/aromatic N) is 4. The first-order chi connectivity index (χ1) is 21.9. The van der Waals surface area contributed by atoms with Crippen molar-refractivity contribution in [1.82, 2.24) is 0 Å². The topological polar surface area (TPSA) is 83.8 Å². The maximum Gasteiger partial charge on any atom is 0.172 e.